The van der Waals surface area contributed by atoms with Crippen LogP contribution in [-0.4, -0.2) is 24.0 Å². The van der Waals surface area contributed by atoms with E-state index in [1.165, 1.54) is 5.56 Å². The molecular formula is C19H27IN4. The summed E-state index contributed by atoms with van der Waals surface area (Å²) in [5.41, 5.74) is 3.32. The summed E-state index contributed by atoms with van der Waals surface area (Å²) in [7, 11) is 1.80. The predicted octanol–water partition coefficient (Wildman–Crippen LogP) is 4.08. The Bertz CT molecular complexity index is 641. The summed E-state index contributed by atoms with van der Waals surface area (Å²) in [6.07, 6.45) is 1.82. The first kappa shape index (κ1) is 20.4. The third kappa shape index (κ3) is 6.11. The van der Waals surface area contributed by atoms with Gasteiger partial charge in [0.25, 0.3) is 0 Å². The minimum atomic E-state index is 0. The van der Waals surface area contributed by atoms with Crippen molar-refractivity contribution in [2.24, 2.45) is 10.9 Å². The number of halogens is 1. The van der Waals surface area contributed by atoms with Gasteiger partial charge in [-0.1, -0.05) is 38.1 Å². The SMILES string of the molecule is CN=C(NCc1cccc(-c2ccccn2)c1)NC(C)C(C)C.I. The van der Waals surface area contributed by atoms with E-state index in [0.29, 0.717) is 12.0 Å². The molecular weight excluding hydrogens is 411 g/mol. The summed E-state index contributed by atoms with van der Waals surface area (Å²) in [5, 5.41) is 6.78. The molecule has 1 aromatic carbocycles. The number of hydrogen-bond donors (Lipinski definition) is 2. The summed E-state index contributed by atoms with van der Waals surface area (Å²) in [4.78, 5) is 8.69. The molecule has 0 aliphatic heterocycles. The van der Waals surface area contributed by atoms with Crippen molar-refractivity contribution in [3.05, 3.63) is 54.2 Å². The maximum atomic E-state index is 4.40. The highest BCUT2D eigenvalue weighted by Gasteiger charge is 2.08. The summed E-state index contributed by atoms with van der Waals surface area (Å²) in [6, 6.07) is 14.8. The molecule has 0 amide bonds. The Morgan fingerprint density at radius 1 is 1.12 bits per heavy atom. The van der Waals surface area contributed by atoms with Gasteiger partial charge in [0.05, 0.1) is 5.69 Å². The van der Waals surface area contributed by atoms with Crippen LogP contribution in [0.3, 0.4) is 0 Å². The summed E-state index contributed by atoms with van der Waals surface area (Å²) >= 11 is 0. The van der Waals surface area contributed by atoms with Gasteiger partial charge in [0, 0.05) is 31.4 Å². The van der Waals surface area contributed by atoms with E-state index < -0.39 is 0 Å². The summed E-state index contributed by atoms with van der Waals surface area (Å²) in [6.45, 7) is 7.28. The minimum absolute atomic E-state index is 0. The Kier molecular flexibility index (Phi) is 8.74. The third-order valence-electron chi connectivity index (χ3n) is 3.94. The molecule has 1 heterocycles. The lowest BCUT2D eigenvalue weighted by Crippen LogP contribution is -2.43. The van der Waals surface area contributed by atoms with Gasteiger partial charge in [-0.15, -0.1) is 24.0 Å². The Balaban J connectivity index is 0.00000288. The van der Waals surface area contributed by atoms with Crippen molar-refractivity contribution in [3.8, 4) is 11.3 Å². The van der Waals surface area contributed by atoms with Gasteiger partial charge in [-0.2, -0.15) is 0 Å². The number of rotatable bonds is 5. The van der Waals surface area contributed by atoms with Crippen LogP contribution >= 0.6 is 24.0 Å². The number of aliphatic imine (C=N–C) groups is 1. The van der Waals surface area contributed by atoms with E-state index in [4.69, 9.17) is 0 Å². The van der Waals surface area contributed by atoms with E-state index in [-0.39, 0.29) is 24.0 Å². The average Bonchev–Trinajstić information content (AvgIpc) is 2.59. The zero-order valence-corrected chi connectivity index (χ0v) is 17.1. The van der Waals surface area contributed by atoms with Crippen LogP contribution in [0.25, 0.3) is 11.3 Å². The molecule has 4 nitrogen and oxygen atoms in total. The number of nitrogens with zero attached hydrogens (tertiary/aromatic N) is 2. The van der Waals surface area contributed by atoms with Crippen molar-refractivity contribution in [3.63, 3.8) is 0 Å². The zero-order valence-electron chi connectivity index (χ0n) is 14.8. The van der Waals surface area contributed by atoms with Gasteiger partial charge in [-0.25, -0.2) is 0 Å². The van der Waals surface area contributed by atoms with Crippen molar-refractivity contribution in [1.82, 2.24) is 15.6 Å². The van der Waals surface area contributed by atoms with Crippen LogP contribution in [-0.2, 0) is 6.54 Å². The highest BCUT2D eigenvalue weighted by atomic mass is 127. The molecule has 0 spiro atoms. The Hall–Kier alpha value is -1.63. The molecule has 0 saturated carbocycles. The first-order valence-corrected chi connectivity index (χ1v) is 8.07. The molecule has 2 rings (SSSR count). The Morgan fingerprint density at radius 2 is 1.92 bits per heavy atom. The molecule has 24 heavy (non-hydrogen) atoms. The molecule has 130 valence electrons. The van der Waals surface area contributed by atoms with E-state index >= 15 is 0 Å². The van der Waals surface area contributed by atoms with Gasteiger partial charge < -0.3 is 10.6 Å². The normalized spacial score (nSPS) is 12.5. The second kappa shape index (κ2) is 10.3. The number of guanidine groups is 1. The molecule has 0 bridgehead atoms. The largest absolute Gasteiger partial charge is 0.354 e. The monoisotopic (exact) mass is 438 g/mol. The van der Waals surface area contributed by atoms with Gasteiger partial charge in [-0.05, 0) is 36.6 Å². The summed E-state index contributed by atoms with van der Waals surface area (Å²) in [5.74, 6) is 1.38. The van der Waals surface area contributed by atoms with E-state index in [1.807, 2.05) is 24.4 Å². The standard InChI is InChI=1S/C19H26N4.HI/c1-14(2)15(3)23-19(20-4)22-13-16-8-7-9-17(12-16)18-10-5-6-11-21-18;/h5-12,14-15H,13H2,1-4H3,(H2,20,22,23);1H. The van der Waals surface area contributed by atoms with Crippen LogP contribution in [0.5, 0.6) is 0 Å². The molecule has 0 aliphatic rings. The Morgan fingerprint density at radius 3 is 2.54 bits per heavy atom. The molecule has 2 N–H and O–H groups in total. The first-order valence-electron chi connectivity index (χ1n) is 8.07. The molecule has 0 fully saturated rings. The second-order valence-corrected chi connectivity index (χ2v) is 6.02. The number of hydrogen-bond acceptors (Lipinski definition) is 2. The highest BCUT2D eigenvalue weighted by molar-refractivity contribution is 14.0. The molecule has 2 aromatic rings. The molecule has 1 atom stereocenters. The maximum Gasteiger partial charge on any atom is 0.191 e. The van der Waals surface area contributed by atoms with Crippen LogP contribution in [0.4, 0.5) is 0 Å². The molecule has 1 aromatic heterocycles. The van der Waals surface area contributed by atoms with E-state index in [2.05, 4.69) is 65.6 Å². The number of benzene rings is 1. The van der Waals surface area contributed by atoms with Crippen LogP contribution < -0.4 is 10.6 Å². The molecule has 0 saturated heterocycles. The highest BCUT2D eigenvalue weighted by Crippen LogP contribution is 2.17. The van der Waals surface area contributed by atoms with E-state index in [1.54, 1.807) is 7.05 Å². The average molecular weight is 438 g/mol. The molecule has 1 unspecified atom stereocenters. The Labute approximate surface area is 162 Å². The fraction of sp³-hybridized carbons (Fsp3) is 0.368. The van der Waals surface area contributed by atoms with Gasteiger partial charge in [0.2, 0.25) is 0 Å². The lowest BCUT2D eigenvalue weighted by molar-refractivity contribution is 0.481. The molecule has 0 radical (unpaired) electrons. The number of pyridine rings is 1. The fourth-order valence-electron chi connectivity index (χ4n) is 2.14. The van der Waals surface area contributed by atoms with Gasteiger partial charge in [-0.3, -0.25) is 9.98 Å². The van der Waals surface area contributed by atoms with Crippen molar-refractivity contribution < 1.29 is 0 Å². The first-order chi connectivity index (χ1) is 11.1. The van der Waals surface area contributed by atoms with Gasteiger partial charge >= 0.3 is 0 Å². The lowest BCUT2D eigenvalue weighted by Gasteiger charge is -2.20. The van der Waals surface area contributed by atoms with E-state index in [0.717, 1.165) is 23.8 Å². The van der Waals surface area contributed by atoms with Crippen LogP contribution in [0, 0.1) is 5.92 Å². The minimum Gasteiger partial charge on any atom is -0.354 e. The third-order valence-corrected chi connectivity index (χ3v) is 3.94. The smallest absolute Gasteiger partial charge is 0.191 e. The fourth-order valence-corrected chi connectivity index (χ4v) is 2.14. The van der Waals surface area contributed by atoms with Crippen LogP contribution in [0.15, 0.2) is 53.7 Å². The van der Waals surface area contributed by atoms with Crippen molar-refractivity contribution in [2.75, 3.05) is 7.05 Å². The topological polar surface area (TPSA) is 49.3 Å². The van der Waals surface area contributed by atoms with Crippen LogP contribution in [0.2, 0.25) is 0 Å². The maximum absolute atomic E-state index is 4.40. The van der Waals surface area contributed by atoms with Crippen LogP contribution in [0.1, 0.15) is 26.3 Å². The number of aromatic nitrogens is 1. The second-order valence-electron chi connectivity index (χ2n) is 6.02. The van der Waals surface area contributed by atoms with Gasteiger partial charge in [0.1, 0.15) is 0 Å². The quantitative estimate of drug-likeness (QED) is 0.420. The zero-order chi connectivity index (χ0) is 16.7. The summed E-state index contributed by atoms with van der Waals surface area (Å²) < 4.78 is 0. The number of nitrogens with one attached hydrogen (secondary N) is 2. The van der Waals surface area contributed by atoms with Crippen molar-refractivity contribution in [2.45, 2.75) is 33.4 Å². The lowest BCUT2D eigenvalue weighted by atomic mass is 10.1. The van der Waals surface area contributed by atoms with Gasteiger partial charge in [0.15, 0.2) is 5.96 Å². The van der Waals surface area contributed by atoms with Crippen molar-refractivity contribution in [1.29, 1.82) is 0 Å². The predicted molar refractivity (Wildman–Crippen MR) is 113 cm³/mol. The molecule has 5 heteroatoms. The van der Waals surface area contributed by atoms with Crippen molar-refractivity contribution >= 4 is 29.9 Å². The molecule has 0 aliphatic carbocycles. The van der Waals surface area contributed by atoms with E-state index in [9.17, 15) is 0 Å².